The summed E-state index contributed by atoms with van der Waals surface area (Å²) in [5.41, 5.74) is 1.45. The number of rotatable bonds is 6. The maximum Gasteiger partial charge on any atom is 0.230 e. The zero-order chi connectivity index (χ0) is 19.1. The van der Waals surface area contributed by atoms with E-state index in [2.05, 4.69) is 12.2 Å². The predicted molar refractivity (Wildman–Crippen MR) is 117 cm³/mol. The van der Waals surface area contributed by atoms with E-state index < -0.39 is 0 Å². The minimum absolute atomic E-state index is 0.0656. The molecule has 3 aromatic rings. The van der Waals surface area contributed by atoms with E-state index in [1.165, 1.54) is 40.0 Å². The van der Waals surface area contributed by atoms with Crippen LogP contribution < -0.4 is 5.32 Å². The van der Waals surface area contributed by atoms with Gasteiger partial charge in [-0.15, -0.1) is 22.7 Å². The van der Waals surface area contributed by atoms with Crippen LogP contribution >= 0.6 is 34.4 Å². The van der Waals surface area contributed by atoms with Crippen LogP contribution in [-0.2, 0) is 24.2 Å². The number of carbonyl (C=O) groups is 1. The molecule has 3 heterocycles. The van der Waals surface area contributed by atoms with Crippen LogP contribution in [-0.4, -0.2) is 21.6 Å². The lowest BCUT2D eigenvalue weighted by molar-refractivity contribution is -0.118. The Labute approximate surface area is 177 Å². The highest BCUT2D eigenvalue weighted by Crippen LogP contribution is 2.44. The standard InChI is InChI=1S/C21H23N3OS3/c1-12-4-7-15-16(9-12)28-21-18(15)20(23-19(24-21)13-5-6-13)27-11-17(25)22-10-14-3-2-8-26-14/h2-3,8,12-13H,4-7,9-11H2,1H3,(H,22,25). The van der Waals surface area contributed by atoms with Crippen LogP contribution in [0.1, 0.15) is 53.2 Å². The second kappa shape index (κ2) is 7.76. The van der Waals surface area contributed by atoms with E-state index in [0.717, 1.165) is 34.4 Å². The van der Waals surface area contributed by atoms with E-state index in [-0.39, 0.29) is 5.91 Å². The van der Waals surface area contributed by atoms with Gasteiger partial charge in [0.05, 0.1) is 12.3 Å². The molecule has 0 aliphatic heterocycles. The molecule has 1 N–H and O–H groups in total. The van der Waals surface area contributed by atoms with Gasteiger partial charge in [-0.2, -0.15) is 0 Å². The summed E-state index contributed by atoms with van der Waals surface area (Å²) in [6.07, 6.45) is 5.88. The zero-order valence-electron chi connectivity index (χ0n) is 15.9. The number of thioether (sulfide) groups is 1. The smallest absolute Gasteiger partial charge is 0.230 e. The summed E-state index contributed by atoms with van der Waals surface area (Å²) in [6.45, 7) is 2.94. The third-order valence-corrected chi connectivity index (χ3v) is 8.46. The molecule has 0 spiro atoms. The van der Waals surface area contributed by atoms with Gasteiger partial charge in [0.15, 0.2) is 0 Å². The first-order valence-electron chi connectivity index (χ1n) is 9.91. The fraction of sp³-hybridized carbons (Fsp3) is 0.476. The van der Waals surface area contributed by atoms with Crippen LogP contribution in [0.15, 0.2) is 22.5 Å². The van der Waals surface area contributed by atoms with E-state index in [1.807, 2.05) is 28.8 Å². The lowest BCUT2D eigenvalue weighted by Crippen LogP contribution is -2.24. The highest BCUT2D eigenvalue weighted by atomic mass is 32.2. The lowest BCUT2D eigenvalue weighted by Gasteiger charge is -2.18. The van der Waals surface area contributed by atoms with Crippen molar-refractivity contribution in [2.75, 3.05) is 5.75 Å². The molecule has 0 radical (unpaired) electrons. The highest BCUT2D eigenvalue weighted by molar-refractivity contribution is 8.00. The summed E-state index contributed by atoms with van der Waals surface area (Å²) in [5, 5.41) is 7.31. The molecule has 0 bridgehead atoms. The number of aromatic nitrogens is 2. The third kappa shape index (κ3) is 3.84. The van der Waals surface area contributed by atoms with Gasteiger partial charge in [-0.25, -0.2) is 9.97 Å². The average molecular weight is 430 g/mol. The van der Waals surface area contributed by atoms with Crippen LogP contribution in [0.5, 0.6) is 0 Å². The normalized spacial score (nSPS) is 19.0. The minimum Gasteiger partial charge on any atom is -0.350 e. The van der Waals surface area contributed by atoms with Crippen molar-refractivity contribution in [2.45, 2.75) is 56.5 Å². The molecular formula is C21H23N3OS3. The van der Waals surface area contributed by atoms with Crippen molar-refractivity contribution in [3.63, 3.8) is 0 Å². The van der Waals surface area contributed by atoms with Crippen molar-refractivity contribution in [1.82, 2.24) is 15.3 Å². The first-order valence-corrected chi connectivity index (χ1v) is 12.6. The molecule has 0 saturated heterocycles. The molecule has 1 amide bonds. The molecule has 5 rings (SSSR count). The molecular weight excluding hydrogens is 406 g/mol. The Bertz CT molecular complexity index is 1010. The maximum absolute atomic E-state index is 12.4. The van der Waals surface area contributed by atoms with E-state index in [9.17, 15) is 4.79 Å². The molecule has 7 heteroatoms. The lowest BCUT2D eigenvalue weighted by atomic mass is 9.89. The fourth-order valence-electron chi connectivity index (χ4n) is 3.74. The van der Waals surface area contributed by atoms with Crippen molar-refractivity contribution < 1.29 is 4.79 Å². The van der Waals surface area contributed by atoms with Gasteiger partial charge in [-0.3, -0.25) is 4.79 Å². The number of amides is 1. The average Bonchev–Trinajstić information content (AvgIpc) is 3.28. The van der Waals surface area contributed by atoms with Crippen LogP contribution in [0.25, 0.3) is 10.2 Å². The number of nitrogens with one attached hydrogen (secondary N) is 1. The van der Waals surface area contributed by atoms with Gasteiger partial charge in [-0.05, 0) is 55.0 Å². The van der Waals surface area contributed by atoms with E-state index in [0.29, 0.717) is 18.2 Å². The molecule has 2 aliphatic carbocycles. The quantitative estimate of drug-likeness (QED) is 0.434. The van der Waals surface area contributed by atoms with Crippen LogP contribution in [0, 0.1) is 5.92 Å². The monoisotopic (exact) mass is 429 g/mol. The van der Waals surface area contributed by atoms with Crippen molar-refractivity contribution in [1.29, 1.82) is 0 Å². The van der Waals surface area contributed by atoms with Crippen molar-refractivity contribution in [2.24, 2.45) is 5.92 Å². The first kappa shape index (κ1) is 18.6. The van der Waals surface area contributed by atoms with Crippen LogP contribution in [0.4, 0.5) is 0 Å². The molecule has 1 atom stereocenters. The summed E-state index contributed by atoms with van der Waals surface area (Å²) in [6, 6.07) is 4.06. The minimum atomic E-state index is 0.0656. The number of fused-ring (bicyclic) bond motifs is 3. The Balaban J connectivity index is 1.38. The third-order valence-electron chi connectivity index (χ3n) is 5.46. The Kier molecular flexibility index (Phi) is 5.15. The van der Waals surface area contributed by atoms with Crippen molar-refractivity contribution in [3.8, 4) is 0 Å². The van der Waals surface area contributed by atoms with Gasteiger partial charge >= 0.3 is 0 Å². The van der Waals surface area contributed by atoms with Gasteiger partial charge in [0, 0.05) is 21.1 Å². The van der Waals surface area contributed by atoms with Gasteiger partial charge in [0.2, 0.25) is 5.91 Å². The Morgan fingerprint density at radius 1 is 1.32 bits per heavy atom. The van der Waals surface area contributed by atoms with Gasteiger partial charge < -0.3 is 5.32 Å². The molecule has 1 unspecified atom stereocenters. The Hall–Kier alpha value is -1.44. The second-order valence-corrected chi connectivity index (χ2v) is 10.9. The molecule has 2 aliphatic rings. The fourth-order valence-corrected chi connectivity index (χ4v) is 6.73. The number of nitrogens with zero attached hydrogens (tertiary/aromatic N) is 2. The predicted octanol–water partition coefficient (Wildman–Crippen LogP) is 5.16. The molecule has 4 nitrogen and oxygen atoms in total. The SMILES string of the molecule is CC1CCc2c(sc3nc(C4CC4)nc(SCC(=O)NCc4cccs4)c23)C1. The second-order valence-electron chi connectivity index (χ2n) is 7.84. The molecule has 1 saturated carbocycles. The number of thiophene rings is 2. The van der Waals surface area contributed by atoms with E-state index in [4.69, 9.17) is 9.97 Å². The number of hydrogen-bond acceptors (Lipinski definition) is 6. The summed E-state index contributed by atoms with van der Waals surface area (Å²) in [5.74, 6) is 2.73. The first-order chi connectivity index (χ1) is 13.7. The summed E-state index contributed by atoms with van der Waals surface area (Å²) in [7, 11) is 0. The Morgan fingerprint density at radius 3 is 3.00 bits per heavy atom. The number of carbonyl (C=O) groups excluding carboxylic acids is 1. The number of aryl methyl sites for hydroxylation is 1. The van der Waals surface area contributed by atoms with Crippen molar-refractivity contribution in [3.05, 3.63) is 38.7 Å². The topological polar surface area (TPSA) is 54.9 Å². The van der Waals surface area contributed by atoms with Gasteiger partial charge in [0.25, 0.3) is 0 Å². The van der Waals surface area contributed by atoms with E-state index >= 15 is 0 Å². The summed E-state index contributed by atoms with van der Waals surface area (Å²) < 4.78 is 0. The van der Waals surface area contributed by atoms with Crippen LogP contribution in [0.2, 0.25) is 0 Å². The Morgan fingerprint density at radius 2 is 2.21 bits per heavy atom. The molecule has 3 aromatic heterocycles. The number of hydrogen-bond donors (Lipinski definition) is 1. The molecule has 146 valence electrons. The van der Waals surface area contributed by atoms with Crippen LogP contribution in [0.3, 0.4) is 0 Å². The molecule has 1 fully saturated rings. The molecule has 28 heavy (non-hydrogen) atoms. The van der Waals surface area contributed by atoms with Gasteiger partial charge in [0.1, 0.15) is 15.7 Å². The zero-order valence-corrected chi connectivity index (χ0v) is 18.3. The largest absolute Gasteiger partial charge is 0.350 e. The van der Waals surface area contributed by atoms with E-state index in [1.54, 1.807) is 23.1 Å². The van der Waals surface area contributed by atoms with Crippen molar-refractivity contribution >= 4 is 50.6 Å². The van der Waals surface area contributed by atoms with Gasteiger partial charge in [-0.1, -0.05) is 24.8 Å². The summed E-state index contributed by atoms with van der Waals surface area (Å²) >= 11 is 5.11. The summed E-state index contributed by atoms with van der Waals surface area (Å²) in [4.78, 5) is 26.0. The highest BCUT2D eigenvalue weighted by Gasteiger charge is 2.30. The maximum atomic E-state index is 12.4. The molecule has 0 aromatic carbocycles.